The Bertz CT molecular complexity index is 702. The number of methoxy groups -OCH3 is 1. The third kappa shape index (κ3) is 4.71. The van der Waals surface area contributed by atoms with Crippen LogP contribution in [0.4, 0.5) is 0 Å². The molecule has 2 aromatic carbocycles. The topological polar surface area (TPSA) is 29.5 Å². The number of carbonyl (C=O) groups is 1. The van der Waals surface area contributed by atoms with Crippen LogP contribution in [0, 0.1) is 13.8 Å². The first-order valence-corrected chi connectivity index (χ1v) is 7.63. The third-order valence-corrected chi connectivity index (χ3v) is 3.82. The summed E-state index contributed by atoms with van der Waals surface area (Å²) in [6.07, 6.45) is 3.42. The predicted molar refractivity (Wildman–Crippen MR) is 94.4 cm³/mol. The second-order valence-corrected chi connectivity index (χ2v) is 5.73. The summed E-state index contributed by atoms with van der Waals surface area (Å²) in [7, 11) is 3.45. The van der Waals surface area contributed by atoms with Gasteiger partial charge in [-0.15, -0.1) is 0 Å². The molecule has 0 aromatic heterocycles. The van der Waals surface area contributed by atoms with E-state index in [1.165, 1.54) is 16.7 Å². The normalized spacial score (nSPS) is 10.8. The van der Waals surface area contributed by atoms with Gasteiger partial charge in [0.25, 0.3) is 0 Å². The van der Waals surface area contributed by atoms with Gasteiger partial charge >= 0.3 is 0 Å². The van der Waals surface area contributed by atoms with Crippen LogP contribution in [0.2, 0.25) is 0 Å². The maximum atomic E-state index is 12.2. The van der Waals surface area contributed by atoms with Gasteiger partial charge in [-0.3, -0.25) is 4.79 Å². The molecule has 0 spiro atoms. The summed E-state index contributed by atoms with van der Waals surface area (Å²) < 4.78 is 5.12. The molecule has 0 aliphatic carbocycles. The van der Waals surface area contributed by atoms with Crippen molar-refractivity contribution >= 4 is 12.0 Å². The lowest BCUT2D eigenvalue weighted by Gasteiger charge is -2.17. The van der Waals surface area contributed by atoms with Crippen molar-refractivity contribution in [2.24, 2.45) is 0 Å². The first-order valence-electron chi connectivity index (χ1n) is 7.63. The number of hydrogen-bond acceptors (Lipinski definition) is 2. The van der Waals surface area contributed by atoms with Crippen LogP contribution in [-0.2, 0) is 11.3 Å². The molecule has 0 aliphatic rings. The number of benzene rings is 2. The van der Waals surface area contributed by atoms with E-state index in [0.717, 1.165) is 11.3 Å². The number of nitrogens with zero attached hydrogens (tertiary/aromatic N) is 1. The van der Waals surface area contributed by atoms with Crippen molar-refractivity contribution in [3.63, 3.8) is 0 Å². The minimum atomic E-state index is -0.0132. The molecular formula is C20H23NO2. The van der Waals surface area contributed by atoms with Crippen molar-refractivity contribution in [3.05, 3.63) is 70.8 Å². The zero-order chi connectivity index (χ0) is 16.8. The van der Waals surface area contributed by atoms with Crippen molar-refractivity contribution in [1.29, 1.82) is 0 Å². The Morgan fingerprint density at radius 1 is 1.13 bits per heavy atom. The van der Waals surface area contributed by atoms with Gasteiger partial charge in [0.05, 0.1) is 7.11 Å². The van der Waals surface area contributed by atoms with Gasteiger partial charge in [-0.1, -0.05) is 35.9 Å². The van der Waals surface area contributed by atoms with E-state index in [-0.39, 0.29) is 5.91 Å². The third-order valence-electron chi connectivity index (χ3n) is 3.82. The summed E-state index contributed by atoms with van der Waals surface area (Å²) in [6, 6.07) is 13.9. The van der Waals surface area contributed by atoms with Crippen LogP contribution in [0.1, 0.15) is 22.3 Å². The van der Waals surface area contributed by atoms with Crippen LogP contribution in [0.3, 0.4) is 0 Å². The lowest BCUT2D eigenvalue weighted by Crippen LogP contribution is -2.24. The van der Waals surface area contributed by atoms with Crippen molar-refractivity contribution < 1.29 is 9.53 Å². The van der Waals surface area contributed by atoms with Crippen molar-refractivity contribution in [2.45, 2.75) is 20.4 Å². The summed E-state index contributed by atoms with van der Waals surface area (Å²) in [5.74, 6) is 0.793. The summed E-state index contributed by atoms with van der Waals surface area (Å²) in [6.45, 7) is 4.76. The average molecular weight is 309 g/mol. The molecule has 0 saturated heterocycles. The highest BCUT2D eigenvalue weighted by Crippen LogP contribution is 2.14. The molecule has 23 heavy (non-hydrogen) atoms. The Labute approximate surface area is 138 Å². The van der Waals surface area contributed by atoms with E-state index in [2.05, 4.69) is 32.0 Å². The zero-order valence-electron chi connectivity index (χ0n) is 14.2. The van der Waals surface area contributed by atoms with Crippen LogP contribution in [-0.4, -0.2) is 25.0 Å². The van der Waals surface area contributed by atoms with Crippen LogP contribution in [0.5, 0.6) is 5.75 Å². The summed E-state index contributed by atoms with van der Waals surface area (Å²) in [5, 5.41) is 0. The molecule has 3 nitrogen and oxygen atoms in total. The van der Waals surface area contributed by atoms with Gasteiger partial charge in [0.2, 0.25) is 5.91 Å². The highest BCUT2D eigenvalue weighted by atomic mass is 16.5. The maximum Gasteiger partial charge on any atom is 0.246 e. The first-order chi connectivity index (χ1) is 11.0. The first kappa shape index (κ1) is 16.8. The van der Waals surface area contributed by atoms with Gasteiger partial charge in [0, 0.05) is 19.7 Å². The molecule has 0 radical (unpaired) electrons. The number of hydrogen-bond donors (Lipinski definition) is 0. The molecule has 2 aromatic rings. The van der Waals surface area contributed by atoms with Gasteiger partial charge < -0.3 is 9.64 Å². The quantitative estimate of drug-likeness (QED) is 0.782. The average Bonchev–Trinajstić information content (AvgIpc) is 2.55. The Balaban J connectivity index is 1.99. The largest absolute Gasteiger partial charge is 0.497 e. The Morgan fingerprint density at radius 2 is 1.83 bits per heavy atom. The SMILES string of the molecule is COc1ccc(/C=C/C(=O)N(C)Cc2ccc(C)cc2C)cc1. The van der Waals surface area contributed by atoms with E-state index < -0.39 is 0 Å². The number of carbonyl (C=O) groups excluding carboxylic acids is 1. The van der Waals surface area contributed by atoms with Gasteiger partial charge in [0.15, 0.2) is 0 Å². The predicted octanol–water partition coefficient (Wildman–Crippen LogP) is 3.98. The van der Waals surface area contributed by atoms with E-state index in [1.54, 1.807) is 18.1 Å². The molecule has 0 heterocycles. The molecule has 0 atom stereocenters. The highest BCUT2D eigenvalue weighted by molar-refractivity contribution is 5.91. The number of aryl methyl sites for hydroxylation is 2. The molecule has 0 aliphatic heterocycles. The second kappa shape index (κ2) is 7.63. The van der Waals surface area contributed by atoms with Gasteiger partial charge in [-0.05, 0) is 48.7 Å². The van der Waals surface area contributed by atoms with E-state index in [4.69, 9.17) is 4.74 Å². The minimum absolute atomic E-state index is 0.0132. The van der Waals surface area contributed by atoms with E-state index >= 15 is 0 Å². The molecule has 0 N–H and O–H groups in total. The molecule has 3 heteroatoms. The highest BCUT2D eigenvalue weighted by Gasteiger charge is 2.07. The molecular weight excluding hydrogens is 286 g/mol. The molecule has 0 fully saturated rings. The Morgan fingerprint density at radius 3 is 2.43 bits per heavy atom. The zero-order valence-corrected chi connectivity index (χ0v) is 14.2. The fraction of sp³-hybridized carbons (Fsp3) is 0.250. The standard InChI is InChI=1S/C20H23NO2/c1-15-5-9-18(16(2)13-15)14-21(3)20(22)12-8-17-6-10-19(23-4)11-7-17/h5-13H,14H2,1-4H3/b12-8+. The fourth-order valence-electron chi connectivity index (χ4n) is 2.37. The lowest BCUT2D eigenvalue weighted by atomic mass is 10.1. The minimum Gasteiger partial charge on any atom is -0.497 e. The summed E-state index contributed by atoms with van der Waals surface area (Å²) in [5.41, 5.74) is 4.59. The van der Waals surface area contributed by atoms with Crippen molar-refractivity contribution in [2.75, 3.05) is 14.2 Å². The second-order valence-electron chi connectivity index (χ2n) is 5.73. The molecule has 2 rings (SSSR count). The fourth-order valence-corrected chi connectivity index (χ4v) is 2.37. The van der Waals surface area contributed by atoms with Gasteiger partial charge in [-0.2, -0.15) is 0 Å². The Kier molecular flexibility index (Phi) is 5.58. The van der Waals surface area contributed by atoms with Crippen LogP contribution < -0.4 is 4.74 Å². The molecule has 0 unspecified atom stereocenters. The smallest absolute Gasteiger partial charge is 0.246 e. The lowest BCUT2D eigenvalue weighted by molar-refractivity contribution is -0.125. The molecule has 1 amide bonds. The Hall–Kier alpha value is -2.55. The monoisotopic (exact) mass is 309 g/mol. The summed E-state index contributed by atoms with van der Waals surface area (Å²) in [4.78, 5) is 14.0. The van der Waals surface area contributed by atoms with Crippen LogP contribution in [0.25, 0.3) is 6.08 Å². The number of likely N-dealkylation sites (N-methyl/N-ethyl adjacent to an activating group) is 1. The molecule has 0 saturated carbocycles. The van der Waals surface area contributed by atoms with Gasteiger partial charge in [-0.25, -0.2) is 0 Å². The number of amides is 1. The van der Waals surface area contributed by atoms with E-state index in [1.807, 2.05) is 37.4 Å². The summed E-state index contributed by atoms with van der Waals surface area (Å²) >= 11 is 0. The maximum absolute atomic E-state index is 12.2. The van der Waals surface area contributed by atoms with E-state index in [0.29, 0.717) is 6.54 Å². The van der Waals surface area contributed by atoms with E-state index in [9.17, 15) is 4.79 Å². The van der Waals surface area contributed by atoms with Gasteiger partial charge in [0.1, 0.15) is 5.75 Å². The van der Waals surface area contributed by atoms with Crippen LogP contribution >= 0.6 is 0 Å². The molecule has 0 bridgehead atoms. The molecule has 120 valence electrons. The number of rotatable bonds is 5. The number of ether oxygens (including phenoxy) is 1. The van der Waals surface area contributed by atoms with Crippen molar-refractivity contribution in [1.82, 2.24) is 4.90 Å². The van der Waals surface area contributed by atoms with Crippen molar-refractivity contribution in [3.8, 4) is 5.75 Å². The van der Waals surface area contributed by atoms with Crippen LogP contribution in [0.15, 0.2) is 48.5 Å².